The van der Waals surface area contributed by atoms with Gasteiger partial charge in [0.15, 0.2) is 0 Å². The van der Waals surface area contributed by atoms with Gasteiger partial charge in [0.2, 0.25) is 0 Å². The van der Waals surface area contributed by atoms with Gasteiger partial charge in [0.1, 0.15) is 12.7 Å². The summed E-state index contributed by atoms with van der Waals surface area (Å²) < 4.78 is 2.73. The number of nitrogens with zero attached hydrogens (tertiary/aromatic N) is 4. The largest absolute Gasteiger partial charge is 0.208 e. The number of hydrogen-bond acceptors (Lipinski definition) is 3. The molecule has 0 saturated carbocycles. The molecule has 0 aliphatic rings. The topological polar surface area (TPSA) is 43.1 Å². The Hall–Kier alpha value is -1.24. The number of hydrogen-bond donors (Lipinski definition) is 0. The van der Waals surface area contributed by atoms with Crippen LogP contribution in [-0.2, 0) is 0 Å². The first-order chi connectivity index (χ1) is 6.86. The normalized spacial score (nSPS) is 10.9. The summed E-state index contributed by atoms with van der Waals surface area (Å²) in [5.74, 6) is 0. The molecule has 0 radical (unpaired) electrons. The van der Waals surface area contributed by atoms with E-state index in [2.05, 4.69) is 37.9 Å². The molecule has 70 valence electrons. The molecule has 0 aliphatic carbocycles. The maximum atomic E-state index is 4.16. The van der Waals surface area contributed by atoms with Crippen molar-refractivity contribution in [3.05, 3.63) is 46.1 Å². The Balaban J connectivity index is 2.23. The smallest absolute Gasteiger partial charge is 0.141 e. The van der Waals surface area contributed by atoms with E-state index in [1.165, 1.54) is 3.57 Å². The highest BCUT2D eigenvalue weighted by atomic mass is 127. The van der Waals surface area contributed by atoms with E-state index >= 15 is 0 Å². The molecule has 0 N–H and O–H groups in total. The third-order valence-electron chi connectivity index (χ3n) is 1.64. The first kappa shape index (κ1) is 9.32. The Labute approximate surface area is 94.8 Å². The van der Waals surface area contributed by atoms with Crippen molar-refractivity contribution in [2.75, 3.05) is 0 Å². The molecular weight excluding hydrogens is 291 g/mol. The summed E-state index contributed by atoms with van der Waals surface area (Å²) in [5.41, 5.74) is 1.09. The van der Waals surface area contributed by atoms with Gasteiger partial charge in [0, 0.05) is 9.13 Å². The van der Waals surface area contributed by atoms with Gasteiger partial charge in [0.25, 0.3) is 0 Å². The summed E-state index contributed by atoms with van der Waals surface area (Å²) in [5, 5.41) is 11.5. The van der Waals surface area contributed by atoms with Crippen LogP contribution in [0.5, 0.6) is 0 Å². The Bertz CT molecular complexity index is 436. The van der Waals surface area contributed by atoms with E-state index in [-0.39, 0.29) is 0 Å². The molecule has 1 aromatic heterocycles. The average molecular weight is 298 g/mol. The molecule has 2 aromatic rings. The lowest BCUT2D eigenvalue weighted by Crippen LogP contribution is -1.89. The highest BCUT2D eigenvalue weighted by molar-refractivity contribution is 14.1. The molecule has 0 spiro atoms. The second kappa shape index (κ2) is 4.32. The fourth-order valence-electron chi connectivity index (χ4n) is 0.964. The van der Waals surface area contributed by atoms with Crippen molar-refractivity contribution < 1.29 is 0 Å². The van der Waals surface area contributed by atoms with Crippen LogP contribution >= 0.6 is 22.6 Å². The van der Waals surface area contributed by atoms with Crippen LogP contribution in [0, 0.1) is 3.57 Å². The molecule has 0 aliphatic heterocycles. The SMILES string of the molecule is Ic1ccccc1C=Nn1cnnc1. The van der Waals surface area contributed by atoms with Crippen LogP contribution in [0.15, 0.2) is 42.0 Å². The molecule has 14 heavy (non-hydrogen) atoms. The number of halogens is 1. The predicted octanol–water partition coefficient (Wildman–Crippen LogP) is 1.76. The molecule has 1 aromatic carbocycles. The monoisotopic (exact) mass is 298 g/mol. The van der Waals surface area contributed by atoms with Crippen molar-refractivity contribution in [3.8, 4) is 0 Å². The average Bonchev–Trinajstić information content (AvgIpc) is 2.69. The summed E-state index contributed by atoms with van der Waals surface area (Å²) in [6.45, 7) is 0. The molecule has 0 bridgehead atoms. The van der Waals surface area contributed by atoms with Gasteiger partial charge in [-0.1, -0.05) is 18.2 Å². The standard InChI is InChI=1S/C9H7IN4/c10-9-4-2-1-3-8(9)5-13-14-6-11-12-7-14/h1-7H. The number of rotatable bonds is 2. The Morgan fingerprint density at radius 1 is 1.21 bits per heavy atom. The van der Waals surface area contributed by atoms with E-state index < -0.39 is 0 Å². The van der Waals surface area contributed by atoms with Crippen LogP contribution in [0.25, 0.3) is 0 Å². The van der Waals surface area contributed by atoms with Gasteiger partial charge in [-0.05, 0) is 28.7 Å². The molecule has 5 heteroatoms. The third kappa shape index (κ3) is 2.16. The molecule has 0 unspecified atom stereocenters. The lowest BCUT2D eigenvalue weighted by molar-refractivity contribution is 0.878. The van der Waals surface area contributed by atoms with Crippen molar-refractivity contribution in [2.24, 2.45) is 5.10 Å². The summed E-state index contributed by atoms with van der Waals surface area (Å²) >= 11 is 2.27. The molecule has 0 fully saturated rings. The van der Waals surface area contributed by atoms with Gasteiger partial charge in [0.05, 0.1) is 6.21 Å². The summed E-state index contributed by atoms with van der Waals surface area (Å²) in [6, 6.07) is 8.03. The number of benzene rings is 1. The fraction of sp³-hybridized carbons (Fsp3) is 0. The summed E-state index contributed by atoms with van der Waals surface area (Å²) in [6.07, 6.45) is 4.88. The minimum atomic E-state index is 1.09. The lowest BCUT2D eigenvalue weighted by Gasteiger charge is -1.95. The van der Waals surface area contributed by atoms with Crippen LogP contribution < -0.4 is 0 Å². The quantitative estimate of drug-likeness (QED) is 0.626. The van der Waals surface area contributed by atoms with Crippen molar-refractivity contribution in [1.82, 2.24) is 14.9 Å². The predicted molar refractivity (Wildman–Crippen MR) is 62.2 cm³/mol. The van der Waals surface area contributed by atoms with Gasteiger partial charge in [-0.2, -0.15) is 5.10 Å². The molecule has 4 nitrogen and oxygen atoms in total. The van der Waals surface area contributed by atoms with Gasteiger partial charge >= 0.3 is 0 Å². The second-order valence-electron chi connectivity index (χ2n) is 2.61. The molecule has 1 heterocycles. The zero-order chi connectivity index (χ0) is 9.80. The lowest BCUT2D eigenvalue weighted by atomic mass is 10.2. The minimum Gasteiger partial charge on any atom is -0.208 e. The van der Waals surface area contributed by atoms with Crippen molar-refractivity contribution in [1.29, 1.82) is 0 Å². The van der Waals surface area contributed by atoms with E-state index in [0.29, 0.717) is 0 Å². The molecule has 2 rings (SSSR count). The van der Waals surface area contributed by atoms with Gasteiger partial charge in [-0.15, -0.1) is 10.2 Å². The molecule has 0 atom stereocenters. The second-order valence-corrected chi connectivity index (χ2v) is 3.77. The van der Waals surface area contributed by atoms with Crippen LogP contribution in [0.2, 0.25) is 0 Å². The minimum absolute atomic E-state index is 1.09. The molecular formula is C9H7IN4. The van der Waals surface area contributed by atoms with Crippen LogP contribution in [0.1, 0.15) is 5.56 Å². The van der Waals surface area contributed by atoms with E-state index in [1.807, 2.05) is 24.3 Å². The summed E-state index contributed by atoms with van der Waals surface area (Å²) in [4.78, 5) is 0. The molecule has 0 saturated heterocycles. The molecule has 0 amide bonds. The first-order valence-corrected chi connectivity index (χ1v) is 5.07. The van der Waals surface area contributed by atoms with E-state index in [1.54, 1.807) is 23.5 Å². The maximum absolute atomic E-state index is 4.16. The third-order valence-corrected chi connectivity index (χ3v) is 2.62. The van der Waals surface area contributed by atoms with Crippen molar-refractivity contribution >= 4 is 28.8 Å². The van der Waals surface area contributed by atoms with Gasteiger partial charge < -0.3 is 0 Å². The van der Waals surface area contributed by atoms with Crippen LogP contribution in [-0.4, -0.2) is 21.1 Å². The van der Waals surface area contributed by atoms with E-state index in [0.717, 1.165) is 5.56 Å². The highest BCUT2D eigenvalue weighted by Crippen LogP contribution is 2.08. The first-order valence-electron chi connectivity index (χ1n) is 4.00. The van der Waals surface area contributed by atoms with Gasteiger partial charge in [-0.25, -0.2) is 4.68 Å². The number of aromatic nitrogens is 3. The Morgan fingerprint density at radius 2 is 1.93 bits per heavy atom. The maximum Gasteiger partial charge on any atom is 0.141 e. The Kier molecular flexibility index (Phi) is 2.87. The van der Waals surface area contributed by atoms with Gasteiger partial charge in [-0.3, -0.25) is 0 Å². The highest BCUT2D eigenvalue weighted by Gasteiger charge is 1.93. The Morgan fingerprint density at radius 3 is 2.64 bits per heavy atom. The fourth-order valence-corrected chi connectivity index (χ4v) is 1.49. The summed E-state index contributed by atoms with van der Waals surface area (Å²) in [7, 11) is 0. The zero-order valence-corrected chi connectivity index (χ0v) is 9.37. The van der Waals surface area contributed by atoms with E-state index in [9.17, 15) is 0 Å². The zero-order valence-electron chi connectivity index (χ0n) is 7.21. The van der Waals surface area contributed by atoms with Crippen LogP contribution in [0.4, 0.5) is 0 Å². The van der Waals surface area contributed by atoms with Crippen molar-refractivity contribution in [2.45, 2.75) is 0 Å². The van der Waals surface area contributed by atoms with Crippen molar-refractivity contribution in [3.63, 3.8) is 0 Å². The van der Waals surface area contributed by atoms with E-state index in [4.69, 9.17) is 0 Å². The van der Waals surface area contributed by atoms with Crippen LogP contribution in [0.3, 0.4) is 0 Å².